The van der Waals surface area contributed by atoms with Crippen molar-refractivity contribution in [3.8, 4) is 0 Å². The monoisotopic (exact) mass is 430 g/mol. The van der Waals surface area contributed by atoms with E-state index in [2.05, 4.69) is 10.3 Å². The molecule has 0 radical (unpaired) electrons. The third-order valence-corrected chi connectivity index (χ3v) is 5.26. The van der Waals surface area contributed by atoms with E-state index in [-0.39, 0.29) is 12.4 Å². The van der Waals surface area contributed by atoms with E-state index < -0.39 is 5.50 Å². The second-order valence-corrected chi connectivity index (χ2v) is 7.23. The molecule has 26 heavy (non-hydrogen) atoms. The summed E-state index contributed by atoms with van der Waals surface area (Å²) in [5.74, 6) is 0. The van der Waals surface area contributed by atoms with Crippen LogP contribution in [-0.4, -0.2) is 38.9 Å². The Morgan fingerprint density at radius 2 is 1.85 bits per heavy atom. The molecule has 1 aliphatic rings. The summed E-state index contributed by atoms with van der Waals surface area (Å²) in [6.45, 7) is 0.271. The number of halogens is 4. The van der Waals surface area contributed by atoms with E-state index in [1.807, 2.05) is 24.3 Å². The van der Waals surface area contributed by atoms with Gasteiger partial charge in [-0.25, -0.2) is 0 Å². The summed E-state index contributed by atoms with van der Waals surface area (Å²) in [6.07, 6.45) is 1.89. The van der Waals surface area contributed by atoms with Crippen molar-refractivity contribution < 1.29 is 5.21 Å². The van der Waals surface area contributed by atoms with Crippen LogP contribution in [0.15, 0.2) is 52.7 Å². The Morgan fingerprint density at radius 1 is 1.15 bits per heavy atom. The molecule has 0 aliphatic carbocycles. The number of rotatable bonds is 5. The average Bonchev–Trinajstić information content (AvgIpc) is 3.06. The second-order valence-electron chi connectivity index (χ2n) is 5.57. The first-order chi connectivity index (χ1) is 12.5. The van der Waals surface area contributed by atoms with Crippen molar-refractivity contribution in [2.24, 2.45) is 10.3 Å². The van der Waals surface area contributed by atoms with Crippen LogP contribution in [0, 0.1) is 0 Å². The van der Waals surface area contributed by atoms with Crippen molar-refractivity contribution in [2.45, 2.75) is 11.9 Å². The first kappa shape index (κ1) is 19.1. The summed E-state index contributed by atoms with van der Waals surface area (Å²) in [7, 11) is 0. The summed E-state index contributed by atoms with van der Waals surface area (Å²) in [5, 5.41) is 19.7. The van der Waals surface area contributed by atoms with Gasteiger partial charge in [-0.05, 0) is 23.3 Å². The highest BCUT2D eigenvalue weighted by atomic mass is 35.5. The molecule has 1 unspecified atom stereocenters. The minimum absolute atomic E-state index is 0.259. The van der Waals surface area contributed by atoms with Gasteiger partial charge in [0.05, 0.1) is 0 Å². The zero-order valence-electron chi connectivity index (χ0n) is 13.4. The summed E-state index contributed by atoms with van der Waals surface area (Å²) in [4.78, 5) is 0. The Bertz CT molecular complexity index is 838. The van der Waals surface area contributed by atoms with E-state index in [0.29, 0.717) is 22.0 Å². The van der Waals surface area contributed by atoms with Gasteiger partial charge in [-0.1, -0.05) is 70.3 Å². The molecule has 136 valence electrons. The topological polar surface area (TPSA) is 51.4 Å². The minimum Gasteiger partial charge on any atom is -0.411 e. The molecule has 0 spiro atoms. The van der Waals surface area contributed by atoms with E-state index in [0.717, 1.165) is 11.1 Å². The highest BCUT2D eigenvalue weighted by Crippen LogP contribution is 2.29. The molecule has 9 heteroatoms. The van der Waals surface area contributed by atoms with Gasteiger partial charge in [0, 0.05) is 33.8 Å². The van der Waals surface area contributed by atoms with Gasteiger partial charge >= 0.3 is 0 Å². The van der Waals surface area contributed by atoms with Crippen LogP contribution in [0.4, 0.5) is 0 Å². The molecule has 2 aromatic rings. The predicted octanol–water partition coefficient (Wildman–Crippen LogP) is 5.00. The highest BCUT2D eigenvalue weighted by molar-refractivity contribution is 6.36. The molecule has 0 fully saturated rings. The summed E-state index contributed by atoms with van der Waals surface area (Å²) < 4.78 is 1.35. The van der Waals surface area contributed by atoms with Gasteiger partial charge in [0.1, 0.15) is 18.7 Å². The van der Waals surface area contributed by atoms with Gasteiger partial charge in [0.2, 0.25) is 0 Å². The van der Waals surface area contributed by atoms with Crippen LogP contribution in [0.1, 0.15) is 16.7 Å². The first-order valence-electron chi connectivity index (χ1n) is 7.61. The largest absolute Gasteiger partial charge is 0.411 e. The molecule has 0 bridgehead atoms. The Balaban J connectivity index is 1.94. The average molecular weight is 432 g/mol. The van der Waals surface area contributed by atoms with Crippen LogP contribution < -0.4 is 0 Å². The minimum atomic E-state index is -0.803. The maximum absolute atomic E-state index is 9.60. The fraction of sp³-hybridized carbons (Fsp3) is 0.176. The lowest BCUT2D eigenvalue weighted by Gasteiger charge is -2.23. The number of nitrogens with zero attached hydrogens (tertiary/aromatic N) is 4. The Hall–Kier alpha value is -1.66. The Morgan fingerprint density at radius 3 is 2.46 bits per heavy atom. The first-order valence-corrected chi connectivity index (χ1v) is 9.14. The number of oxime groups is 1. The fourth-order valence-electron chi connectivity index (χ4n) is 2.65. The molecule has 0 saturated heterocycles. The standard InChI is InChI=1S/C17H14Cl4N4O/c18-14-6-3-7-15(19)13(14)8-11-4-1-2-5-12(11)16(23-26)17(20)25-10-24(21)9-22-25/h1-7,9,17,26H,8,10H2. The molecular weight excluding hydrogens is 418 g/mol. The lowest BCUT2D eigenvalue weighted by molar-refractivity contribution is 0.279. The van der Waals surface area contributed by atoms with Crippen LogP contribution in [-0.2, 0) is 6.42 Å². The molecule has 1 atom stereocenters. The van der Waals surface area contributed by atoms with Crippen molar-refractivity contribution in [1.82, 2.24) is 9.43 Å². The van der Waals surface area contributed by atoms with E-state index in [1.165, 1.54) is 15.8 Å². The van der Waals surface area contributed by atoms with Crippen LogP contribution in [0.5, 0.6) is 0 Å². The lowest BCUT2D eigenvalue weighted by Crippen LogP contribution is -2.35. The van der Waals surface area contributed by atoms with Crippen molar-refractivity contribution in [2.75, 3.05) is 6.67 Å². The SMILES string of the molecule is ON=C(c1ccccc1Cc1c(Cl)cccc1Cl)C(Cl)N1CN(Cl)C=N1. The third-order valence-electron chi connectivity index (χ3n) is 3.92. The normalized spacial score (nSPS) is 15.6. The molecule has 3 rings (SSSR count). The number of hydrogen-bond donors (Lipinski definition) is 1. The zero-order chi connectivity index (χ0) is 18.7. The molecule has 0 aromatic heterocycles. The zero-order valence-corrected chi connectivity index (χ0v) is 16.4. The predicted molar refractivity (Wildman–Crippen MR) is 107 cm³/mol. The van der Waals surface area contributed by atoms with Gasteiger partial charge < -0.3 is 5.21 Å². The molecule has 5 nitrogen and oxygen atoms in total. The van der Waals surface area contributed by atoms with Crippen LogP contribution in [0.3, 0.4) is 0 Å². The van der Waals surface area contributed by atoms with Crippen LogP contribution in [0.2, 0.25) is 10.0 Å². The molecular formula is C17H14Cl4N4O. The van der Waals surface area contributed by atoms with Crippen molar-refractivity contribution in [3.05, 3.63) is 69.2 Å². The van der Waals surface area contributed by atoms with Gasteiger partial charge in [-0.15, -0.1) is 0 Å². The summed E-state index contributed by atoms with van der Waals surface area (Å²) in [6, 6.07) is 12.8. The number of alkyl halides is 1. The van der Waals surface area contributed by atoms with E-state index in [9.17, 15) is 5.21 Å². The second kappa shape index (κ2) is 8.35. The van der Waals surface area contributed by atoms with E-state index in [1.54, 1.807) is 18.2 Å². The van der Waals surface area contributed by atoms with Crippen molar-refractivity contribution >= 4 is 58.6 Å². The molecule has 2 aromatic carbocycles. The van der Waals surface area contributed by atoms with E-state index >= 15 is 0 Å². The van der Waals surface area contributed by atoms with Crippen LogP contribution >= 0.6 is 46.6 Å². The fourth-order valence-corrected chi connectivity index (χ4v) is 3.60. The Kier molecular flexibility index (Phi) is 6.14. The number of hydrazone groups is 1. The molecule has 0 saturated carbocycles. The van der Waals surface area contributed by atoms with Gasteiger partial charge in [0.25, 0.3) is 0 Å². The van der Waals surface area contributed by atoms with Crippen molar-refractivity contribution in [1.29, 1.82) is 0 Å². The quantitative estimate of drug-likeness (QED) is 0.181. The Labute approximate surface area is 171 Å². The highest BCUT2D eigenvalue weighted by Gasteiger charge is 2.28. The van der Waals surface area contributed by atoms with Gasteiger partial charge in [-0.3, -0.25) is 9.43 Å². The lowest BCUT2D eigenvalue weighted by atomic mass is 9.96. The smallest absolute Gasteiger partial charge is 0.168 e. The molecule has 1 aliphatic heterocycles. The van der Waals surface area contributed by atoms with Gasteiger partial charge in [0.15, 0.2) is 5.50 Å². The maximum atomic E-state index is 9.60. The molecule has 1 heterocycles. The van der Waals surface area contributed by atoms with Gasteiger partial charge in [-0.2, -0.15) is 5.10 Å². The van der Waals surface area contributed by atoms with E-state index in [4.69, 9.17) is 46.6 Å². The molecule has 1 N–H and O–H groups in total. The van der Waals surface area contributed by atoms with Crippen LogP contribution in [0.25, 0.3) is 0 Å². The summed E-state index contributed by atoms with van der Waals surface area (Å²) >= 11 is 24.9. The maximum Gasteiger partial charge on any atom is 0.168 e. The number of hydrogen-bond acceptors (Lipinski definition) is 5. The molecule has 0 amide bonds. The third kappa shape index (κ3) is 4.01. The van der Waals surface area contributed by atoms with Crippen molar-refractivity contribution in [3.63, 3.8) is 0 Å². The summed E-state index contributed by atoms with van der Waals surface area (Å²) in [5.41, 5.74) is 1.79. The number of benzene rings is 2.